The minimum atomic E-state index is -1.11. The monoisotopic (exact) mass is 205 g/mol. The Hall–Kier alpha value is -0.690. The van der Waals surface area contributed by atoms with E-state index in [9.17, 15) is 15.0 Å². The first-order valence-electron chi connectivity index (χ1n) is 4.42. The first-order valence-corrected chi connectivity index (χ1v) is 4.42. The lowest BCUT2D eigenvalue weighted by atomic mass is 9.97. The van der Waals surface area contributed by atoms with Crippen molar-refractivity contribution >= 4 is 5.91 Å². The van der Waals surface area contributed by atoms with Crippen molar-refractivity contribution in [2.45, 2.75) is 31.3 Å². The number of hydrogen-bond donors (Lipinski definition) is 4. The van der Waals surface area contributed by atoms with Crippen LogP contribution >= 0.6 is 0 Å². The van der Waals surface area contributed by atoms with Crippen LogP contribution in [0.2, 0.25) is 0 Å². The summed E-state index contributed by atoms with van der Waals surface area (Å²) in [5.74, 6) is -0.342. The number of rotatable bonds is 2. The molecule has 1 aliphatic rings. The van der Waals surface area contributed by atoms with Crippen molar-refractivity contribution in [1.82, 2.24) is 5.32 Å². The van der Waals surface area contributed by atoms with Gasteiger partial charge in [-0.2, -0.15) is 0 Å². The van der Waals surface area contributed by atoms with Crippen LogP contribution < -0.4 is 5.32 Å². The maximum atomic E-state index is 10.8. The summed E-state index contributed by atoms with van der Waals surface area (Å²) in [5.41, 5.74) is 0. The molecule has 0 unspecified atom stereocenters. The van der Waals surface area contributed by atoms with Crippen molar-refractivity contribution in [3.05, 3.63) is 0 Å². The summed E-state index contributed by atoms with van der Waals surface area (Å²) < 4.78 is 5.05. The van der Waals surface area contributed by atoms with Crippen molar-refractivity contribution in [1.29, 1.82) is 0 Å². The first kappa shape index (κ1) is 11.4. The highest BCUT2D eigenvalue weighted by Gasteiger charge is 2.38. The SMILES string of the molecule is CC(=O)N[C@H]1[C@H](O)[C@@H](O)CO[C@@H]1CO. The van der Waals surface area contributed by atoms with E-state index in [0.717, 1.165) is 0 Å². The molecular weight excluding hydrogens is 190 g/mol. The number of aliphatic hydroxyl groups is 3. The van der Waals surface area contributed by atoms with Crippen molar-refractivity contribution in [3.8, 4) is 0 Å². The van der Waals surface area contributed by atoms with E-state index in [1.165, 1.54) is 6.92 Å². The molecule has 6 heteroatoms. The van der Waals surface area contributed by atoms with Gasteiger partial charge in [-0.1, -0.05) is 0 Å². The van der Waals surface area contributed by atoms with Crippen LogP contribution in [0, 0.1) is 0 Å². The lowest BCUT2D eigenvalue weighted by molar-refractivity contribution is -0.156. The van der Waals surface area contributed by atoms with E-state index in [1.807, 2.05) is 0 Å². The second kappa shape index (κ2) is 4.70. The largest absolute Gasteiger partial charge is 0.394 e. The van der Waals surface area contributed by atoms with E-state index in [0.29, 0.717) is 0 Å². The molecule has 0 bridgehead atoms. The van der Waals surface area contributed by atoms with Gasteiger partial charge < -0.3 is 25.4 Å². The van der Waals surface area contributed by atoms with Gasteiger partial charge in [0.1, 0.15) is 18.3 Å². The van der Waals surface area contributed by atoms with Gasteiger partial charge in [-0.15, -0.1) is 0 Å². The molecule has 0 aromatic heterocycles. The van der Waals surface area contributed by atoms with Crippen LogP contribution in [-0.4, -0.2) is 58.8 Å². The molecule has 4 atom stereocenters. The molecule has 4 N–H and O–H groups in total. The molecule has 1 heterocycles. The summed E-state index contributed by atoms with van der Waals surface area (Å²) in [6.07, 6.45) is -2.81. The van der Waals surface area contributed by atoms with E-state index >= 15 is 0 Å². The molecule has 1 fully saturated rings. The Labute approximate surface area is 81.5 Å². The Morgan fingerprint density at radius 2 is 2.21 bits per heavy atom. The van der Waals surface area contributed by atoms with Gasteiger partial charge in [-0.05, 0) is 0 Å². The number of carbonyl (C=O) groups excluding carboxylic acids is 1. The second-order valence-electron chi connectivity index (χ2n) is 3.34. The summed E-state index contributed by atoms with van der Waals surface area (Å²) in [4.78, 5) is 10.8. The molecule has 0 saturated carbocycles. The van der Waals surface area contributed by atoms with Crippen molar-refractivity contribution < 1.29 is 24.9 Å². The lowest BCUT2D eigenvalue weighted by Crippen LogP contribution is -2.61. The van der Waals surface area contributed by atoms with Crippen LogP contribution in [0.3, 0.4) is 0 Å². The van der Waals surface area contributed by atoms with Gasteiger partial charge in [0, 0.05) is 6.92 Å². The summed E-state index contributed by atoms with van der Waals surface area (Å²) in [7, 11) is 0. The molecule has 1 saturated heterocycles. The Balaban J connectivity index is 2.66. The maximum absolute atomic E-state index is 10.8. The highest BCUT2D eigenvalue weighted by Crippen LogP contribution is 2.15. The number of hydrogen-bond acceptors (Lipinski definition) is 5. The predicted octanol–water partition coefficient (Wildman–Crippen LogP) is -2.40. The Morgan fingerprint density at radius 3 is 2.71 bits per heavy atom. The number of amides is 1. The standard InChI is InChI=1S/C8H15NO5/c1-4(11)9-7-6(2-10)14-3-5(12)8(7)13/h5-8,10,12-13H,2-3H2,1H3,(H,9,11)/t5-,6+,7+,8+/m0/s1. The van der Waals surface area contributed by atoms with Crippen LogP contribution in [0.25, 0.3) is 0 Å². The fourth-order valence-electron chi connectivity index (χ4n) is 1.46. The van der Waals surface area contributed by atoms with E-state index in [4.69, 9.17) is 9.84 Å². The minimum Gasteiger partial charge on any atom is -0.394 e. The van der Waals surface area contributed by atoms with E-state index in [1.54, 1.807) is 0 Å². The molecule has 1 rings (SSSR count). The van der Waals surface area contributed by atoms with E-state index in [2.05, 4.69) is 5.32 Å². The third-order valence-electron chi connectivity index (χ3n) is 2.19. The Bertz CT molecular complexity index is 208. The number of nitrogens with one attached hydrogen (secondary N) is 1. The average molecular weight is 205 g/mol. The predicted molar refractivity (Wildman–Crippen MR) is 46.4 cm³/mol. The zero-order valence-electron chi connectivity index (χ0n) is 7.88. The van der Waals surface area contributed by atoms with Crippen LogP contribution in [0.1, 0.15) is 6.92 Å². The third-order valence-corrected chi connectivity index (χ3v) is 2.19. The summed E-state index contributed by atoms with van der Waals surface area (Å²) in [6, 6.07) is -0.763. The van der Waals surface area contributed by atoms with Crippen LogP contribution in [0.4, 0.5) is 0 Å². The molecule has 0 aliphatic carbocycles. The number of aliphatic hydroxyl groups excluding tert-OH is 3. The normalized spacial score (nSPS) is 38.0. The van der Waals surface area contributed by atoms with Gasteiger partial charge in [-0.25, -0.2) is 0 Å². The molecule has 0 aromatic carbocycles. The molecule has 0 radical (unpaired) electrons. The molecule has 14 heavy (non-hydrogen) atoms. The summed E-state index contributed by atoms with van der Waals surface area (Å²) in [5, 5.41) is 30.1. The number of carbonyl (C=O) groups is 1. The van der Waals surface area contributed by atoms with Crippen molar-refractivity contribution in [2.24, 2.45) is 0 Å². The van der Waals surface area contributed by atoms with Crippen molar-refractivity contribution in [3.63, 3.8) is 0 Å². The quantitative estimate of drug-likeness (QED) is 0.403. The maximum Gasteiger partial charge on any atom is 0.217 e. The highest BCUT2D eigenvalue weighted by molar-refractivity contribution is 5.73. The third kappa shape index (κ3) is 2.42. The van der Waals surface area contributed by atoms with Gasteiger partial charge in [0.05, 0.1) is 19.3 Å². The topological polar surface area (TPSA) is 99.0 Å². The van der Waals surface area contributed by atoms with Gasteiger partial charge in [0.15, 0.2) is 0 Å². The lowest BCUT2D eigenvalue weighted by Gasteiger charge is -2.37. The first-order chi connectivity index (χ1) is 6.56. The van der Waals surface area contributed by atoms with Gasteiger partial charge in [0.2, 0.25) is 5.91 Å². The molecule has 1 amide bonds. The fourth-order valence-corrected chi connectivity index (χ4v) is 1.46. The number of ether oxygens (including phenoxy) is 1. The Kier molecular flexibility index (Phi) is 3.82. The van der Waals surface area contributed by atoms with Crippen LogP contribution in [0.15, 0.2) is 0 Å². The second-order valence-corrected chi connectivity index (χ2v) is 3.34. The van der Waals surface area contributed by atoms with Crippen molar-refractivity contribution in [2.75, 3.05) is 13.2 Å². The molecule has 1 aliphatic heterocycles. The molecule has 6 nitrogen and oxygen atoms in total. The molecule has 0 spiro atoms. The van der Waals surface area contributed by atoms with E-state index in [-0.39, 0.29) is 19.1 Å². The van der Waals surface area contributed by atoms with Gasteiger partial charge >= 0.3 is 0 Å². The molecule has 82 valence electrons. The minimum absolute atomic E-state index is 0.0392. The molecular formula is C8H15NO5. The Morgan fingerprint density at radius 1 is 1.57 bits per heavy atom. The molecule has 0 aromatic rings. The van der Waals surface area contributed by atoms with Crippen LogP contribution in [-0.2, 0) is 9.53 Å². The smallest absolute Gasteiger partial charge is 0.217 e. The summed E-state index contributed by atoms with van der Waals surface area (Å²) >= 11 is 0. The van der Waals surface area contributed by atoms with Gasteiger partial charge in [0.25, 0.3) is 0 Å². The highest BCUT2D eigenvalue weighted by atomic mass is 16.5. The fraction of sp³-hybridized carbons (Fsp3) is 0.875. The summed E-state index contributed by atoms with van der Waals surface area (Å²) in [6.45, 7) is 0.944. The van der Waals surface area contributed by atoms with Crippen LogP contribution in [0.5, 0.6) is 0 Å². The van der Waals surface area contributed by atoms with Gasteiger partial charge in [-0.3, -0.25) is 4.79 Å². The average Bonchev–Trinajstić information content (AvgIpc) is 2.13. The van der Waals surface area contributed by atoms with E-state index < -0.39 is 24.4 Å². The zero-order valence-corrected chi connectivity index (χ0v) is 7.88. The zero-order chi connectivity index (χ0) is 10.7.